The molecule has 1 heterocycles. The van der Waals surface area contributed by atoms with Crippen molar-refractivity contribution in [2.24, 2.45) is 5.10 Å². The van der Waals surface area contributed by atoms with Crippen molar-refractivity contribution in [3.8, 4) is 5.75 Å². The molecule has 4 nitrogen and oxygen atoms in total. The third-order valence-corrected chi connectivity index (χ3v) is 2.40. The van der Waals surface area contributed by atoms with Crippen LogP contribution < -0.4 is 9.75 Å². The second-order valence-electron chi connectivity index (χ2n) is 3.63. The molecule has 1 aromatic rings. The van der Waals surface area contributed by atoms with Gasteiger partial charge in [0.25, 0.3) is 5.91 Å². The lowest BCUT2D eigenvalue weighted by atomic mass is 10.2. The van der Waals surface area contributed by atoms with Gasteiger partial charge in [-0.25, -0.2) is 5.01 Å². The lowest BCUT2D eigenvalue weighted by Crippen LogP contribution is -2.22. The van der Waals surface area contributed by atoms with Crippen molar-refractivity contribution >= 4 is 17.3 Å². The summed E-state index contributed by atoms with van der Waals surface area (Å²) in [6, 6.07) is 6.13. The van der Waals surface area contributed by atoms with E-state index in [-0.39, 0.29) is 5.69 Å². The molecule has 7 heteroatoms. The Morgan fingerprint density at radius 3 is 2.67 bits per heavy atom. The van der Waals surface area contributed by atoms with Gasteiger partial charge in [-0.05, 0) is 12.1 Å². The first-order chi connectivity index (χ1) is 8.41. The van der Waals surface area contributed by atoms with Crippen LogP contribution in [0.25, 0.3) is 0 Å². The van der Waals surface area contributed by atoms with Gasteiger partial charge in [0.15, 0.2) is 5.71 Å². The van der Waals surface area contributed by atoms with Gasteiger partial charge in [0.05, 0.1) is 19.2 Å². The van der Waals surface area contributed by atoms with Gasteiger partial charge < -0.3 is 4.74 Å². The minimum absolute atomic E-state index is 0.249. The number of hydrogen-bond acceptors (Lipinski definition) is 3. The molecule has 0 saturated heterocycles. The average Bonchev–Trinajstić information content (AvgIpc) is 2.71. The summed E-state index contributed by atoms with van der Waals surface area (Å²) in [6.45, 7) is 0. The van der Waals surface area contributed by atoms with E-state index in [0.29, 0.717) is 5.75 Å². The topological polar surface area (TPSA) is 41.9 Å². The first-order valence-corrected chi connectivity index (χ1v) is 5.03. The molecular weight excluding hydrogens is 249 g/mol. The maximum absolute atomic E-state index is 12.4. The molecule has 18 heavy (non-hydrogen) atoms. The molecule has 0 aliphatic carbocycles. The number of hydrazone groups is 1. The SMILES string of the molecule is COc1cccc(N2N=C(C(F)(F)F)CC2=O)c1. The predicted molar refractivity (Wildman–Crippen MR) is 58.6 cm³/mol. The maximum atomic E-state index is 12.4. The van der Waals surface area contributed by atoms with Crippen molar-refractivity contribution < 1.29 is 22.7 Å². The van der Waals surface area contributed by atoms with Crippen LogP contribution in [0.5, 0.6) is 5.75 Å². The number of halogens is 3. The predicted octanol–water partition coefficient (Wildman–Crippen LogP) is 2.35. The van der Waals surface area contributed by atoms with E-state index in [1.165, 1.54) is 19.2 Å². The van der Waals surface area contributed by atoms with E-state index in [0.717, 1.165) is 5.01 Å². The second-order valence-corrected chi connectivity index (χ2v) is 3.63. The molecule has 2 rings (SSSR count). The summed E-state index contributed by atoms with van der Waals surface area (Å²) in [5.41, 5.74) is -0.839. The van der Waals surface area contributed by atoms with Gasteiger partial charge >= 0.3 is 6.18 Å². The first-order valence-electron chi connectivity index (χ1n) is 5.03. The summed E-state index contributed by atoms with van der Waals surface area (Å²) in [5, 5.41) is 4.05. The second kappa shape index (κ2) is 4.32. The van der Waals surface area contributed by atoms with Gasteiger partial charge in [-0.1, -0.05) is 6.07 Å². The third-order valence-electron chi connectivity index (χ3n) is 2.40. The molecule has 1 aliphatic rings. The van der Waals surface area contributed by atoms with Gasteiger partial charge in [0.2, 0.25) is 0 Å². The zero-order valence-electron chi connectivity index (χ0n) is 9.36. The zero-order valence-corrected chi connectivity index (χ0v) is 9.36. The van der Waals surface area contributed by atoms with Gasteiger partial charge in [0.1, 0.15) is 5.75 Å². The number of ether oxygens (including phenoxy) is 1. The van der Waals surface area contributed by atoms with E-state index in [9.17, 15) is 18.0 Å². The van der Waals surface area contributed by atoms with Gasteiger partial charge in [0, 0.05) is 6.07 Å². The van der Waals surface area contributed by atoms with Crippen LogP contribution in [0.4, 0.5) is 18.9 Å². The highest BCUT2D eigenvalue weighted by atomic mass is 19.4. The Labute approximate surface area is 101 Å². The number of nitrogens with zero attached hydrogens (tertiary/aromatic N) is 2. The van der Waals surface area contributed by atoms with Crippen LogP contribution >= 0.6 is 0 Å². The molecule has 1 aliphatic heterocycles. The fourth-order valence-electron chi connectivity index (χ4n) is 1.53. The molecule has 0 saturated carbocycles. The van der Waals surface area contributed by atoms with E-state index in [1.807, 2.05) is 0 Å². The van der Waals surface area contributed by atoms with Gasteiger partial charge in [-0.3, -0.25) is 4.79 Å². The van der Waals surface area contributed by atoms with Crippen molar-refractivity contribution in [3.05, 3.63) is 24.3 Å². The molecule has 0 N–H and O–H groups in total. The smallest absolute Gasteiger partial charge is 0.431 e. The van der Waals surface area contributed by atoms with Crippen molar-refractivity contribution in [2.75, 3.05) is 12.1 Å². The fraction of sp³-hybridized carbons (Fsp3) is 0.273. The number of rotatable bonds is 2. The maximum Gasteiger partial charge on any atom is 0.431 e. The van der Waals surface area contributed by atoms with E-state index >= 15 is 0 Å². The van der Waals surface area contributed by atoms with E-state index in [1.54, 1.807) is 12.1 Å². The number of carbonyl (C=O) groups is 1. The Kier molecular flexibility index (Phi) is 2.98. The molecule has 0 radical (unpaired) electrons. The summed E-state index contributed by atoms with van der Waals surface area (Å²) >= 11 is 0. The number of benzene rings is 1. The minimum Gasteiger partial charge on any atom is -0.497 e. The monoisotopic (exact) mass is 258 g/mol. The average molecular weight is 258 g/mol. The lowest BCUT2D eigenvalue weighted by molar-refractivity contribution is -0.117. The molecule has 96 valence electrons. The zero-order chi connectivity index (χ0) is 13.3. The van der Waals surface area contributed by atoms with Crippen molar-refractivity contribution in [2.45, 2.75) is 12.6 Å². The third kappa shape index (κ3) is 2.29. The van der Waals surface area contributed by atoms with Crippen molar-refractivity contribution in [1.29, 1.82) is 0 Å². The van der Waals surface area contributed by atoms with Crippen molar-refractivity contribution in [3.63, 3.8) is 0 Å². The number of amides is 1. The molecule has 0 bridgehead atoms. The molecule has 0 aromatic heterocycles. The number of methoxy groups -OCH3 is 1. The highest BCUT2D eigenvalue weighted by molar-refractivity contribution is 6.14. The molecular formula is C11H9F3N2O2. The Bertz CT molecular complexity index is 511. The summed E-state index contributed by atoms with van der Waals surface area (Å²) in [6.07, 6.45) is -5.32. The van der Waals surface area contributed by atoms with Crippen LogP contribution in [-0.4, -0.2) is 24.9 Å². The van der Waals surface area contributed by atoms with Crippen molar-refractivity contribution in [1.82, 2.24) is 0 Å². The molecule has 0 atom stereocenters. The van der Waals surface area contributed by atoms with E-state index < -0.39 is 24.2 Å². The number of anilines is 1. The Balaban J connectivity index is 2.33. The number of alkyl halides is 3. The Morgan fingerprint density at radius 2 is 2.11 bits per heavy atom. The highest BCUT2D eigenvalue weighted by Crippen LogP contribution is 2.29. The number of carbonyl (C=O) groups excluding carboxylic acids is 1. The van der Waals surface area contributed by atoms with Crippen LogP contribution in [-0.2, 0) is 4.79 Å². The van der Waals surface area contributed by atoms with Crippen LogP contribution in [0.1, 0.15) is 6.42 Å². The van der Waals surface area contributed by atoms with Gasteiger partial charge in [-0.15, -0.1) is 0 Å². The molecule has 1 amide bonds. The summed E-state index contributed by atoms with van der Waals surface area (Å²) in [5.74, 6) is -0.272. The summed E-state index contributed by atoms with van der Waals surface area (Å²) < 4.78 is 42.2. The highest BCUT2D eigenvalue weighted by Gasteiger charge is 2.42. The summed E-state index contributed by atoms with van der Waals surface area (Å²) in [7, 11) is 1.43. The Morgan fingerprint density at radius 1 is 1.39 bits per heavy atom. The van der Waals surface area contributed by atoms with Gasteiger partial charge in [-0.2, -0.15) is 18.3 Å². The van der Waals surface area contributed by atoms with Crippen LogP contribution in [0.3, 0.4) is 0 Å². The van der Waals surface area contributed by atoms with E-state index in [4.69, 9.17) is 4.74 Å². The lowest BCUT2D eigenvalue weighted by Gasteiger charge is -2.12. The fourth-order valence-corrected chi connectivity index (χ4v) is 1.53. The molecule has 0 fully saturated rings. The molecule has 0 spiro atoms. The van der Waals surface area contributed by atoms with Crippen LogP contribution in [0.15, 0.2) is 29.4 Å². The quantitative estimate of drug-likeness (QED) is 0.817. The van der Waals surface area contributed by atoms with Crippen LogP contribution in [0, 0.1) is 0 Å². The van der Waals surface area contributed by atoms with E-state index in [2.05, 4.69) is 5.10 Å². The largest absolute Gasteiger partial charge is 0.497 e. The molecule has 1 aromatic carbocycles. The molecule has 0 unspecified atom stereocenters. The first kappa shape index (κ1) is 12.4. The number of hydrogen-bond donors (Lipinski definition) is 0. The Hall–Kier alpha value is -2.05. The minimum atomic E-state index is -4.58. The van der Waals surface area contributed by atoms with Crippen LogP contribution in [0.2, 0.25) is 0 Å². The standard InChI is InChI=1S/C11H9F3N2O2/c1-18-8-4-2-3-7(5-8)16-10(17)6-9(15-16)11(12,13)14/h2-5H,6H2,1H3. The normalized spacial score (nSPS) is 15.9. The summed E-state index contributed by atoms with van der Waals surface area (Å²) in [4.78, 5) is 11.5.